The first-order valence-electron chi connectivity index (χ1n) is 10.4. The van der Waals surface area contributed by atoms with Crippen molar-refractivity contribution in [2.75, 3.05) is 15.9 Å². The summed E-state index contributed by atoms with van der Waals surface area (Å²) < 4.78 is 26.6. The summed E-state index contributed by atoms with van der Waals surface area (Å²) in [6.07, 6.45) is 2.73. The first kappa shape index (κ1) is 22.6. The van der Waals surface area contributed by atoms with Crippen molar-refractivity contribution in [3.63, 3.8) is 0 Å². The van der Waals surface area contributed by atoms with Gasteiger partial charge in [-0.3, -0.25) is 9.10 Å². The zero-order valence-corrected chi connectivity index (χ0v) is 18.9. The Morgan fingerprint density at radius 1 is 0.839 bits per heavy atom. The van der Waals surface area contributed by atoms with Crippen molar-refractivity contribution in [2.45, 2.75) is 33.2 Å². The van der Waals surface area contributed by atoms with E-state index in [1.807, 2.05) is 62.4 Å². The van der Waals surface area contributed by atoms with E-state index >= 15 is 0 Å². The van der Waals surface area contributed by atoms with Crippen molar-refractivity contribution in [3.05, 3.63) is 95.1 Å². The van der Waals surface area contributed by atoms with Crippen LogP contribution in [0.4, 0.5) is 11.4 Å². The maximum Gasteiger partial charge on any atom is 0.257 e. The molecule has 0 aromatic heterocycles. The Balaban J connectivity index is 2.02. The lowest BCUT2D eigenvalue weighted by atomic mass is 10.0. The van der Waals surface area contributed by atoms with E-state index in [2.05, 4.69) is 5.32 Å². The van der Waals surface area contributed by atoms with E-state index in [1.54, 1.807) is 24.3 Å². The van der Waals surface area contributed by atoms with Gasteiger partial charge in [0.1, 0.15) is 0 Å². The molecule has 3 rings (SSSR count). The molecular weight excluding hydrogens is 408 g/mol. The van der Waals surface area contributed by atoms with Crippen LogP contribution in [0.25, 0.3) is 0 Å². The fourth-order valence-electron chi connectivity index (χ4n) is 3.60. The topological polar surface area (TPSA) is 66.5 Å². The summed E-state index contributed by atoms with van der Waals surface area (Å²) >= 11 is 0. The van der Waals surface area contributed by atoms with Gasteiger partial charge in [-0.15, -0.1) is 0 Å². The van der Waals surface area contributed by atoms with Crippen molar-refractivity contribution in [3.8, 4) is 0 Å². The highest BCUT2D eigenvalue weighted by molar-refractivity contribution is 7.92. The van der Waals surface area contributed by atoms with Crippen LogP contribution in [-0.4, -0.2) is 20.6 Å². The number of anilines is 2. The van der Waals surface area contributed by atoms with Crippen molar-refractivity contribution in [1.82, 2.24) is 0 Å². The number of carbonyl (C=O) groups excluding carboxylic acids is 1. The lowest BCUT2D eigenvalue weighted by Gasteiger charge is -2.25. The Morgan fingerprint density at radius 2 is 1.42 bits per heavy atom. The van der Waals surface area contributed by atoms with Gasteiger partial charge in [0, 0.05) is 5.69 Å². The van der Waals surface area contributed by atoms with Crippen LogP contribution in [0.1, 0.15) is 40.9 Å². The van der Waals surface area contributed by atoms with Gasteiger partial charge >= 0.3 is 0 Å². The van der Waals surface area contributed by atoms with Crippen LogP contribution >= 0.6 is 0 Å². The standard InChI is InChI=1S/C25H28N2O3S/c1-4-20-14-11-15-21(5-2)24(20)26-25(28)22-16-9-10-17-23(22)27(31(3,29)30)18-19-12-7-6-8-13-19/h6-17H,4-5,18H2,1-3H3,(H,26,28). The van der Waals surface area contributed by atoms with E-state index in [9.17, 15) is 13.2 Å². The molecule has 6 heteroatoms. The largest absolute Gasteiger partial charge is 0.321 e. The van der Waals surface area contributed by atoms with Crippen LogP contribution in [0.2, 0.25) is 0 Å². The molecule has 3 aromatic rings. The number of hydrogen-bond acceptors (Lipinski definition) is 3. The number of sulfonamides is 1. The summed E-state index contributed by atoms with van der Waals surface area (Å²) in [5.41, 5.74) is 4.42. The predicted molar refractivity (Wildman–Crippen MR) is 127 cm³/mol. The fourth-order valence-corrected chi connectivity index (χ4v) is 4.50. The fraction of sp³-hybridized carbons (Fsp3) is 0.240. The molecule has 162 valence electrons. The highest BCUT2D eigenvalue weighted by atomic mass is 32.2. The molecule has 0 fully saturated rings. The van der Waals surface area contributed by atoms with Gasteiger partial charge in [-0.05, 0) is 41.7 Å². The summed E-state index contributed by atoms with van der Waals surface area (Å²) in [6.45, 7) is 4.24. The minimum Gasteiger partial charge on any atom is -0.321 e. The van der Waals surface area contributed by atoms with Gasteiger partial charge in [-0.1, -0.05) is 74.5 Å². The summed E-state index contributed by atoms with van der Waals surface area (Å²) in [5, 5.41) is 3.05. The molecule has 0 bridgehead atoms. The number of nitrogens with one attached hydrogen (secondary N) is 1. The zero-order chi connectivity index (χ0) is 22.4. The second-order valence-corrected chi connectivity index (χ2v) is 9.29. The van der Waals surface area contributed by atoms with Crippen LogP contribution in [0.5, 0.6) is 0 Å². The normalized spacial score (nSPS) is 11.2. The monoisotopic (exact) mass is 436 g/mol. The average molecular weight is 437 g/mol. The molecule has 1 amide bonds. The second kappa shape index (κ2) is 9.79. The summed E-state index contributed by atoms with van der Waals surface area (Å²) in [4.78, 5) is 13.3. The van der Waals surface area contributed by atoms with Crippen LogP contribution < -0.4 is 9.62 Å². The average Bonchev–Trinajstić information content (AvgIpc) is 2.77. The number of benzene rings is 3. The summed E-state index contributed by atoms with van der Waals surface area (Å²) in [5.74, 6) is -0.326. The van der Waals surface area contributed by atoms with Crippen LogP contribution in [0, 0.1) is 0 Å². The molecule has 0 saturated carbocycles. The first-order chi connectivity index (χ1) is 14.8. The number of aryl methyl sites for hydroxylation is 2. The highest BCUT2D eigenvalue weighted by Gasteiger charge is 2.24. The lowest BCUT2D eigenvalue weighted by molar-refractivity contribution is 0.102. The first-order valence-corrected chi connectivity index (χ1v) is 12.2. The summed E-state index contributed by atoms with van der Waals surface area (Å²) in [6, 6.07) is 22.2. The smallest absolute Gasteiger partial charge is 0.257 e. The number of para-hydroxylation sites is 2. The van der Waals surface area contributed by atoms with Gasteiger partial charge in [0.15, 0.2) is 0 Å². The molecule has 0 radical (unpaired) electrons. The van der Waals surface area contributed by atoms with Crippen LogP contribution in [0.3, 0.4) is 0 Å². The quantitative estimate of drug-likeness (QED) is 0.539. The molecule has 0 atom stereocenters. The molecule has 0 spiro atoms. The van der Waals surface area contributed by atoms with Gasteiger partial charge in [0.2, 0.25) is 10.0 Å². The number of amides is 1. The molecule has 3 aromatic carbocycles. The van der Waals surface area contributed by atoms with E-state index in [0.29, 0.717) is 11.3 Å². The molecule has 0 saturated heterocycles. The van der Waals surface area contributed by atoms with E-state index in [0.717, 1.165) is 41.5 Å². The minimum atomic E-state index is -3.62. The van der Waals surface area contributed by atoms with E-state index in [-0.39, 0.29) is 12.5 Å². The van der Waals surface area contributed by atoms with Gasteiger partial charge in [0.25, 0.3) is 5.91 Å². The zero-order valence-electron chi connectivity index (χ0n) is 18.1. The molecule has 1 N–H and O–H groups in total. The Kier molecular flexibility index (Phi) is 7.13. The number of nitrogens with zero attached hydrogens (tertiary/aromatic N) is 1. The third-order valence-electron chi connectivity index (χ3n) is 5.22. The molecular formula is C25H28N2O3S. The Hall–Kier alpha value is -3.12. The van der Waals surface area contributed by atoms with E-state index in [1.165, 1.54) is 4.31 Å². The highest BCUT2D eigenvalue weighted by Crippen LogP contribution is 2.28. The maximum atomic E-state index is 13.3. The summed E-state index contributed by atoms with van der Waals surface area (Å²) in [7, 11) is -3.62. The van der Waals surface area contributed by atoms with E-state index in [4.69, 9.17) is 0 Å². The molecule has 31 heavy (non-hydrogen) atoms. The predicted octanol–water partition coefficient (Wildman–Crippen LogP) is 5.03. The number of carbonyl (C=O) groups is 1. The van der Waals surface area contributed by atoms with Crippen molar-refractivity contribution >= 4 is 27.3 Å². The van der Waals surface area contributed by atoms with Crippen molar-refractivity contribution < 1.29 is 13.2 Å². The van der Waals surface area contributed by atoms with Gasteiger partial charge in [-0.25, -0.2) is 8.42 Å². The molecule has 0 aliphatic carbocycles. The van der Waals surface area contributed by atoms with Crippen LogP contribution in [-0.2, 0) is 29.4 Å². The van der Waals surface area contributed by atoms with Gasteiger partial charge < -0.3 is 5.32 Å². The number of rotatable bonds is 8. The lowest BCUT2D eigenvalue weighted by Crippen LogP contribution is -2.31. The third kappa shape index (κ3) is 5.33. The van der Waals surface area contributed by atoms with Gasteiger partial charge in [0.05, 0.1) is 24.1 Å². The van der Waals surface area contributed by atoms with E-state index < -0.39 is 10.0 Å². The molecule has 0 aliphatic rings. The molecule has 0 unspecified atom stereocenters. The molecule has 0 aliphatic heterocycles. The van der Waals surface area contributed by atoms with Crippen molar-refractivity contribution in [2.24, 2.45) is 0 Å². The van der Waals surface area contributed by atoms with Crippen molar-refractivity contribution in [1.29, 1.82) is 0 Å². The maximum absolute atomic E-state index is 13.3. The molecule has 0 heterocycles. The Bertz CT molecular complexity index is 1140. The molecule has 5 nitrogen and oxygen atoms in total. The second-order valence-electron chi connectivity index (χ2n) is 7.38. The van der Waals surface area contributed by atoms with Gasteiger partial charge in [-0.2, -0.15) is 0 Å². The van der Waals surface area contributed by atoms with Crippen LogP contribution in [0.15, 0.2) is 72.8 Å². The minimum absolute atomic E-state index is 0.149. The Morgan fingerprint density at radius 3 is 2.00 bits per heavy atom. The third-order valence-corrected chi connectivity index (χ3v) is 6.35. The SMILES string of the molecule is CCc1cccc(CC)c1NC(=O)c1ccccc1N(Cc1ccccc1)S(C)(=O)=O. The number of hydrogen-bond donors (Lipinski definition) is 1. The Labute approximate surface area is 184 Å².